The van der Waals surface area contributed by atoms with Crippen LogP contribution in [0.4, 0.5) is 5.69 Å². The largest absolute Gasteiger partial charge is 0.427 e. The van der Waals surface area contributed by atoms with Crippen LogP contribution in [0.1, 0.15) is 30.9 Å². The molecule has 8 nitrogen and oxygen atoms in total. The summed E-state index contributed by atoms with van der Waals surface area (Å²) in [5, 5.41) is 11.0. The number of hydrogen-bond donors (Lipinski definition) is 0. The van der Waals surface area contributed by atoms with E-state index in [9.17, 15) is 19.7 Å². The summed E-state index contributed by atoms with van der Waals surface area (Å²) >= 11 is 5.80. The minimum atomic E-state index is -0.703. The second-order valence-corrected chi connectivity index (χ2v) is 6.46. The zero-order valence-corrected chi connectivity index (χ0v) is 16.0. The van der Waals surface area contributed by atoms with Crippen LogP contribution in [-0.2, 0) is 14.3 Å². The van der Waals surface area contributed by atoms with Crippen molar-refractivity contribution in [3.05, 3.63) is 74.4 Å². The Hall–Kier alpha value is -3.52. The number of nitro groups is 1. The third kappa shape index (κ3) is 4.85. The molecule has 2 aromatic carbocycles. The summed E-state index contributed by atoms with van der Waals surface area (Å²) in [5.74, 6) is -0.763. The number of esters is 2. The molecule has 0 radical (unpaired) electrons. The van der Waals surface area contributed by atoms with E-state index in [4.69, 9.17) is 21.1 Å². The van der Waals surface area contributed by atoms with Crippen LogP contribution in [0.25, 0.3) is 6.08 Å². The summed E-state index contributed by atoms with van der Waals surface area (Å²) < 4.78 is 10.4. The van der Waals surface area contributed by atoms with E-state index < -0.39 is 10.9 Å². The quantitative estimate of drug-likeness (QED) is 0.229. The molecular weight excluding hydrogens is 400 g/mol. The molecule has 29 heavy (non-hydrogen) atoms. The average Bonchev–Trinajstić information content (AvgIpc) is 3.02. The van der Waals surface area contributed by atoms with Crippen molar-refractivity contribution in [2.75, 3.05) is 0 Å². The molecule has 0 spiro atoms. The SMILES string of the molecule is CCCC(=O)Oc1cccc(/C=C2\N=C(c3ccc(Cl)c([N+](=O)[O-])c3)OC2=O)c1. The molecule has 0 aliphatic carbocycles. The number of cyclic esters (lactones) is 1. The highest BCUT2D eigenvalue weighted by Gasteiger charge is 2.26. The summed E-state index contributed by atoms with van der Waals surface area (Å²) in [6.45, 7) is 1.87. The van der Waals surface area contributed by atoms with Crippen LogP contribution >= 0.6 is 11.6 Å². The molecular formula is C20H15ClN2O6. The topological polar surface area (TPSA) is 108 Å². The van der Waals surface area contributed by atoms with E-state index in [2.05, 4.69) is 4.99 Å². The highest BCUT2D eigenvalue weighted by atomic mass is 35.5. The zero-order valence-electron chi connectivity index (χ0n) is 15.3. The van der Waals surface area contributed by atoms with Gasteiger partial charge in [0.25, 0.3) is 5.69 Å². The van der Waals surface area contributed by atoms with Gasteiger partial charge in [0.15, 0.2) is 5.70 Å². The Morgan fingerprint density at radius 2 is 2.10 bits per heavy atom. The van der Waals surface area contributed by atoms with Gasteiger partial charge in [0.2, 0.25) is 5.90 Å². The first-order valence-electron chi connectivity index (χ1n) is 8.65. The summed E-state index contributed by atoms with van der Waals surface area (Å²) in [6, 6.07) is 10.6. The third-order valence-corrected chi connectivity index (χ3v) is 4.18. The number of carbonyl (C=O) groups excluding carboxylic acids is 2. The van der Waals surface area contributed by atoms with Gasteiger partial charge in [0.1, 0.15) is 10.8 Å². The molecule has 148 valence electrons. The number of nitrogens with zero attached hydrogens (tertiary/aromatic N) is 2. The summed E-state index contributed by atoms with van der Waals surface area (Å²) in [5.41, 5.74) is 0.516. The van der Waals surface area contributed by atoms with Crippen molar-refractivity contribution < 1.29 is 24.0 Å². The second-order valence-electron chi connectivity index (χ2n) is 6.06. The van der Waals surface area contributed by atoms with Gasteiger partial charge >= 0.3 is 11.9 Å². The summed E-state index contributed by atoms with van der Waals surface area (Å²) in [4.78, 5) is 38.3. The number of ether oxygens (including phenoxy) is 2. The maximum absolute atomic E-state index is 12.1. The molecule has 0 atom stereocenters. The Bertz CT molecular complexity index is 1060. The van der Waals surface area contributed by atoms with Gasteiger partial charge in [-0.1, -0.05) is 30.7 Å². The van der Waals surface area contributed by atoms with Crippen LogP contribution in [0.15, 0.2) is 53.2 Å². The minimum absolute atomic E-state index is 0.00892. The molecule has 2 aromatic rings. The van der Waals surface area contributed by atoms with Gasteiger partial charge in [-0.2, -0.15) is 0 Å². The van der Waals surface area contributed by atoms with Crippen LogP contribution < -0.4 is 4.74 Å². The highest BCUT2D eigenvalue weighted by Crippen LogP contribution is 2.28. The number of halogens is 1. The predicted molar refractivity (Wildman–Crippen MR) is 106 cm³/mol. The Morgan fingerprint density at radius 3 is 2.83 bits per heavy atom. The molecule has 1 aliphatic heterocycles. The number of carbonyl (C=O) groups is 2. The lowest BCUT2D eigenvalue weighted by Gasteiger charge is -2.04. The van der Waals surface area contributed by atoms with E-state index in [1.54, 1.807) is 24.3 Å². The van der Waals surface area contributed by atoms with Gasteiger partial charge in [0, 0.05) is 18.1 Å². The van der Waals surface area contributed by atoms with Gasteiger partial charge < -0.3 is 9.47 Å². The van der Waals surface area contributed by atoms with Crippen LogP contribution in [0, 0.1) is 10.1 Å². The fourth-order valence-corrected chi connectivity index (χ4v) is 2.72. The van der Waals surface area contributed by atoms with E-state index in [-0.39, 0.29) is 33.8 Å². The lowest BCUT2D eigenvalue weighted by atomic mass is 10.2. The van der Waals surface area contributed by atoms with Crippen molar-refractivity contribution in [1.82, 2.24) is 0 Å². The summed E-state index contributed by atoms with van der Waals surface area (Å²) in [6.07, 6.45) is 2.45. The standard InChI is InChI=1S/C20H15ClN2O6/c1-2-4-18(24)28-14-6-3-5-12(9-14)10-16-20(25)29-19(22-16)13-7-8-15(21)17(11-13)23(26)27/h3,5-11H,2,4H2,1H3/b16-10-. The molecule has 0 bridgehead atoms. The van der Waals surface area contributed by atoms with E-state index >= 15 is 0 Å². The van der Waals surface area contributed by atoms with E-state index in [1.807, 2.05) is 6.92 Å². The molecule has 0 aromatic heterocycles. The van der Waals surface area contributed by atoms with Crippen molar-refractivity contribution in [1.29, 1.82) is 0 Å². The lowest BCUT2D eigenvalue weighted by molar-refractivity contribution is -0.384. The van der Waals surface area contributed by atoms with Gasteiger partial charge in [-0.3, -0.25) is 14.9 Å². The van der Waals surface area contributed by atoms with E-state index in [0.717, 1.165) is 0 Å². The first-order chi connectivity index (χ1) is 13.9. The minimum Gasteiger partial charge on any atom is -0.427 e. The first-order valence-corrected chi connectivity index (χ1v) is 9.03. The fraction of sp³-hybridized carbons (Fsp3) is 0.150. The number of hydrogen-bond acceptors (Lipinski definition) is 7. The number of nitro benzene ring substituents is 1. The molecule has 0 N–H and O–H groups in total. The normalized spacial score (nSPS) is 14.5. The monoisotopic (exact) mass is 414 g/mol. The fourth-order valence-electron chi connectivity index (χ4n) is 2.53. The van der Waals surface area contributed by atoms with Gasteiger partial charge in [0.05, 0.1) is 4.92 Å². The number of aliphatic imine (C=N–C) groups is 1. The molecule has 0 saturated heterocycles. The van der Waals surface area contributed by atoms with Crippen molar-refractivity contribution in [3.63, 3.8) is 0 Å². The molecule has 0 unspecified atom stereocenters. The molecule has 0 amide bonds. The maximum Gasteiger partial charge on any atom is 0.363 e. The molecule has 0 fully saturated rings. The van der Waals surface area contributed by atoms with Gasteiger partial charge in [-0.15, -0.1) is 0 Å². The Morgan fingerprint density at radius 1 is 1.31 bits per heavy atom. The Balaban J connectivity index is 1.87. The Labute approximate surface area is 170 Å². The first kappa shape index (κ1) is 20.2. The average molecular weight is 415 g/mol. The second kappa shape index (κ2) is 8.66. The molecule has 1 aliphatic rings. The maximum atomic E-state index is 12.1. The van der Waals surface area contributed by atoms with E-state index in [0.29, 0.717) is 24.2 Å². The van der Waals surface area contributed by atoms with Crippen LogP contribution in [0.3, 0.4) is 0 Å². The third-order valence-electron chi connectivity index (χ3n) is 3.86. The predicted octanol–water partition coefficient (Wildman–Crippen LogP) is 4.30. The highest BCUT2D eigenvalue weighted by molar-refractivity contribution is 6.32. The van der Waals surface area contributed by atoms with Gasteiger partial charge in [-0.25, -0.2) is 9.79 Å². The molecule has 3 rings (SSSR count). The lowest BCUT2D eigenvalue weighted by Crippen LogP contribution is -2.07. The van der Waals surface area contributed by atoms with Crippen LogP contribution in [0.5, 0.6) is 5.75 Å². The molecule has 0 saturated carbocycles. The van der Waals surface area contributed by atoms with Gasteiger partial charge in [-0.05, 0) is 42.3 Å². The van der Waals surface area contributed by atoms with Crippen molar-refractivity contribution in [2.24, 2.45) is 4.99 Å². The number of benzene rings is 2. The molecule has 1 heterocycles. The summed E-state index contributed by atoms with van der Waals surface area (Å²) in [7, 11) is 0. The zero-order chi connectivity index (χ0) is 21.0. The van der Waals surface area contributed by atoms with Crippen molar-refractivity contribution in [2.45, 2.75) is 19.8 Å². The van der Waals surface area contributed by atoms with Crippen molar-refractivity contribution in [3.8, 4) is 5.75 Å². The van der Waals surface area contributed by atoms with Crippen molar-refractivity contribution >= 4 is 41.2 Å². The smallest absolute Gasteiger partial charge is 0.363 e. The number of rotatable bonds is 6. The van der Waals surface area contributed by atoms with Crippen LogP contribution in [-0.4, -0.2) is 22.8 Å². The van der Waals surface area contributed by atoms with Crippen LogP contribution in [0.2, 0.25) is 5.02 Å². The Kier molecular flexibility index (Phi) is 6.04. The molecule has 9 heteroatoms. The van der Waals surface area contributed by atoms with E-state index in [1.165, 1.54) is 24.3 Å².